The summed E-state index contributed by atoms with van der Waals surface area (Å²) in [6.45, 7) is 7.10. The van der Waals surface area contributed by atoms with E-state index in [0.717, 1.165) is 13.0 Å². The van der Waals surface area contributed by atoms with E-state index in [1.54, 1.807) is 0 Å². The minimum Gasteiger partial charge on any atom is -0.380 e. The first-order valence-corrected chi connectivity index (χ1v) is 3.72. The van der Waals surface area contributed by atoms with Crippen molar-refractivity contribution in [3.63, 3.8) is 0 Å². The van der Waals surface area contributed by atoms with Gasteiger partial charge in [-0.2, -0.15) is 0 Å². The SMILES string of the molecule is C=C[C@@H]1C[C@]1(N)COCC.Cl. The van der Waals surface area contributed by atoms with E-state index in [0.29, 0.717) is 12.5 Å². The Morgan fingerprint density at radius 3 is 2.82 bits per heavy atom. The Labute approximate surface area is 74.2 Å². The van der Waals surface area contributed by atoms with Crippen molar-refractivity contribution in [2.45, 2.75) is 18.9 Å². The first-order chi connectivity index (χ1) is 4.73. The highest BCUT2D eigenvalue weighted by Gasteiger charge is 2.48. The summed E-state index contributed by atoms with van der Waals surface area (Å²) in [4.78, 5) is 0. The lowest BCUT2D eigenvalue weighted by Crippen LogP contribution is -2.30. The van der Waals surface area contributed by atoms with Gasteiger partial charge < -0.3 is 10.5 Å². The molecule has 11 heavy (non-hydrogen) atoms. The summed E-state index contributed by atoms with van der Waals surface area (Å²) in [5.41, 5.74) is 5.82. The molecule has 3 heteroatoms. The average molecular weight is 178 g/mol. The minimum atomic E-state index is -0.0717. The Bertz CT molecular complexity index is 140. The van der Waals surface area contributed by atoms with Crippen molar-refractivity contribution in [1.29, 1.82) is 0 Å². The van der Waals surface area contributed by atoms with Crippen molar-refractivity contribution in [3.05, 3.63) is 12.7 Å². The molecule has 1 rings (SSSR count). The molecular weight excluding hydrogens is 162 g/mol. The highest BCUT2D eigenvalue weighted by atomic mass is 35.5. The molecule has 0 bridgehead atoms. The molecule has 0 spiro atoms. The van der Waals surface area contributed by atoms with Gasteiger partial charge in [0.2, 0.25) is 0 Å². The van der Waals surface area contributed by atoms with E-state index in [2.05, 4.69) is 6.58 Å². The number of ether oxygens (including phenoxy) is 1. The lowest BCUT2D eigenvalue weighted by Gasteiger charge is -2.08. The van der Waals surface area contributed by atoms with Crippen LogP contribution in [0.1, 0.15) is 13.3 Å². The fraction of sp³-hybridized carbons (Fsp3) is 0.750. The van der Waals surface area contributed by atoms with Crippen LogP contribution in [0.3, 0.4) is 0 Å². The summed E-state index contributed by atoms with van der Waals surface area (Å²) in [5.74, 6) is 0.485. The predicted octanol–water partition coefficient (Wildman–Crippen LogP) is 1.35. The summed E-state index contributed by atoms with van der Waals surface area (Å²) in [7, 11) is 0. The third-order valence-corrected chi connectivity index (χ3v) is 2.04. The second-order valence-corrected chi connectivity index (χ2v) is 2.92. The summed E-state index contributed by atoms with van der Waals surface area (Å²) in [6, 6.07) is 0. The second kappa shape index (κ2) is 4.10. The van der Waals surface area contributed by atoms with Gasteiger partial charge in [0.25, 0.3) is 0 Å². The fourth-order valence-electron chi connectivity index (χ4n) is 1.13. The number of hydrogen-bond acceptors (Lipinski definition) is 2. The molecule has 66 valence electrons. The van der Waals surface area contributed by atoms with E-state index >= 15 is 0 Å². The number of rotatable bonds is 4. The van der Waals surface area contributed by atoms with Crippen molar-refractivity contribution >= 4 is 12.4 Å². The van der Waals surface area contributed by atoms with Crippen molar-refractivity contribution in [3.8, 4) is 0 Å². The molecule has 1 aliphatic carbocycles. The molecule has 0 aliphatic heterocycles. The van der Waals surface area contributed by atoms with Crippen molar-refractivity contribution < 1.29 is 4.74 Å². The van der Waals surface area contributed by atoms with E-state index in [4.69, 9.17) is 10.5 Å². The molecule has 2 nitrogen and oxygen atoms in total. The minimum absolute atomic E-state index is 0. The van der Waals surface area contributed by atoms with Crippen LogP contribution >= 0.6 is 12.4 Å². The Morgan fingerprint density at radius 2 is 2.45 bits per heavy atom. The van der Waals surface area contributed by atoms with Gasteiger partial charge in [-0.3, -0.25) is 0 Å². The largest absolute Gasteiger partial charge is 0.380 e. The van der Waals surface area contributed by atoms with E-state index in [-0.39, 0.29) is 17.9 Å². The molecule has 0 unspecified atom stereocenters. The van der Waals surface area contributed by atoms with Gasteiger partial charge in [0.15, 0.2) is 0 Å². The van der Waals surface area contributed by atoms with Gasteiger partial charge >= 0.3 is 0 Å². The highest BCUT2D eigenvalue weighted by molar-refractivity contribution is 5.85. The number of nitrogens with two attached hydrogens (primary N) is 1. The van der Waals surface area contributed by atoms with Gasteiger partial charge in [-0.05, 0) is 19.3 Å². The van der Waals surface area contributed by atoms with Crippen molar-refractivity contribution in [2.24, 2.45) is 11.7 Å². The molecule has 0 heterocycles. The molecule has 1 aliphatic rings. The van der Waals surface area contributed by atoms with Gasteiger partial charge in [0.1, 0.15) is 0 Å². The molecule has 0 aromatic rings. The Balaban J connectivity index is 0.000001000. The first kappa shape index (κ1) is 11.0. The van der Waals surface area contributed by atoms with Gasteiger partial charge in [-0.25, -0.2) is 0 Å². The molecule has 0 saturated heterocycles. The zero-order valence-electron chi connectivity index (χ0n) is 6.88. The molecular formula is C8H16ClNO. The summed E-state index contributed by atoms with van der Waals surface area (Å²) >= 11 is 0. The maximum absolute atomic E-state index is 5.89. The molecule has 0 radical (unpaired) electrons. The molecule has 0 aromatic heterocycles. The van der Waals surface area contributed by atoms with E-state index < -0.39 is 0 Å². The quantitative estimate of drug-likeness (QED) is 0.658. The van der Waals surface area contributed by atoms with E-state index in [9.17, 15) is 0 Å². The van der Waals surface area contributed by atoms with Crippen molar-refractivity contribution in [2.75, 3.05) is 13.2 Å². The van der Waals surface area contributed by atoms with Gasteiger partial charge in [0, 0.05) is 12.1 Å². The van der Waals surface area contributed by atoms with Crippen LogP contribution in [0.4, 0.5) is 0 Å². The summed E-state index contributed by atoms with van der Waals surface area (Å²) in [6.07, 6.45) is 2.95. The van der Waals surface area contributed by atoms with Crippen LogP contribution in [-0.4, -0.2) is 18.8 Å². The molecule has 1 fully saturated rings. The normalized spacial score (nSPS) is 34.2. The lowest BCUT2D eigenvalue weighted by molar-refractivity contribution is 0.124. The van der Waals surface area contributed by atoms with Crippen LogP contribution in [0.2, 0.25) is 0 Å². The highest BCUT2D eigenvalue weighted by Crippen LogP contribution is 2.41. The summed E-state index contributed by atoms with van der Waals surface area (Å²) in [5, 5.41) is 0. The molecule has 0 amide bonds. The third-order valence-electron chi connectivity index (χ3n) is 2.04. The van der Waals surface area contributed by atoms with E-state index in [1.807, 2.05) is 13.0 Å². The average Bonchev–Trinajstić information content (AvgIpc) is 2.59. The topological polar surface area (TPSA) is 35.2 Å². The Kier molecular flexibility index (Phi) is 4.08. The van der Waals surface area contributed by atoms with Crippen molar-refractivity contribution in [1.82, 2.24) is 0 Å². The smallest absolute Gasteiger partial charge is 0.0652 e. The van der Waals surface area contributed by atoms with Crippen LogP contribution in [0.5, 0.6) is 0 Å². The van der Waals surface area contributed by atoms with Crippen LogP contribution < -0.4 is 5.73 Å². The molecule has 2 N–H and O–H groups in total. The second-order valence-electron chi connectivity index (χ2n) is 2.92. The monoisotopic (exact) mass is 177 g/mol. The first-order valence-electron chi connectivity index (χ1n) is 3.72. The third kappa shape index (κ3) is 2.47. The Morgan fingerprint density at radius 1 is 1.82 bits per heavy atom. The standard InChI is InChI=1S/C8H15NO.ClH/c1-3-7-5-8(7,9)6-10-4-2;/h3,7H,1,4-6,9H2,2H3;1H/t7-,8+;/m1./s1. The summed E-state index contributed by atoms with van der Waals surface area (Å²) < 4.78 is 5.22. The van der Waals surface area contributed by atoms with Crippen LogP contribution in [0.15, 0.2) is 12.7 Å². The Hall–Kier alpha value is -0.0500. The zero-order valence-corrected chi connectivity index (χ0v) is 7.69. The molecule has 1 saturated carbocycles. The maximum Gasteiger partial charge on any atom is 0.0652 e. The lowest BCUT2D eigenvalue weighted by atomic mass is 10.2. The fourth-order valence-corrected chi connectivity index (χ4v) is 1.13. The molecule has 2 atom stereocenters. The number of halogens is 1. The zero-order chi connectivity index (χ0) is 7.61. The van der Waals surface area contributed by atoms with Gasteiger partial charge in [0.05, 0.1) is 6.61 Å². The number of hydrogen-bond donors (Lipinski definition) is 1. The van der Waals surface area contributed by atoms with E-state index in [1.165, 1.54) is 0 Å². The predicted molar refractivity (Wildman–Crippen MR) is 49.0 cm³/mol. The molecule has 0 aromatic carbocycles. The van der Waals surface area contributed by atoms with Crippen LogP contribution in [0.25, 0.3) is 0 Å². The van der Waals surface area contributed by atoms with Crippen LogP contribution in [-0.2, 0) is 4.74 Å². The van der Waals surface area contributed by atoms with Gasteiger partial charge in [-0.1, -0.05) is 6.08 Å². The van der Waals surface area contributed by atoms with Gasteiger partial charge in [-0.15, -0.1) is 19.0 Å². The van der Waals surface area contributed by atoms with Crippen LogP contribution in [0, 0.1) is 5.92 Å². The maximum atomic E-state index is 5.89.